The van der Waals surface area contributed by atoms with Crippen LogP contribution in [0.1, 0.15) is 67.7 Å². The Kier molecular flexibility index (Phi) is 7.30. The van der Waals surface area contributed by atoms with Crippen molar-refractivity contribution in [3.63, 3.8) is 0 Å². The van der Waals surface area contributed by atoms with Gasteiger partial charge in [-0.1, -0.05) is 54.9 Å². The number of hydrogen-bond donors (Lipinski definition) is 0. The molecule has 0 fully saturated rings. The molecule has 4 unspecified atom stereocenters. The summed E-state index contributed by atoms with van der Waals surface area (Å²) in [6.45, 7) is 16.6. The van der Waals surface area contributed by atoms with Crippen molar-refractivity contribution in [3.8, 4) is 0 Å². The molecule has 0 rings (SSSR count). The summed E-state index contributed by atoms with van der Waals surface area (Å²) < 4.78 is 0. The van der Waals surface area contributed by atoms with Crippen molar-refractivity contribution < 1.29 is 0 Å². The van der Waals surface area contributed by atoms with E-state index in [1.807, 2.05) is 0 Å². The first-order valence-corrected chi connectivity index (χ1v) is 6.88. The van der Waals surface area contributed by atoms with Crippen LogP contribution < -0.4 is 0 Å². The van der Waals surface area contributed by atoms with Crippen LogP contribution in [0.25, 0.3) is 0 Å². The van der Waals surface area contributed by atoms with Crippen molar-refractivity contribution >= 4 is 0 Å². The Labute approximate surface area is 97.8 Å². The maximum absolute atomic E-state index is 2.44. The minimum absolute atomic E-state index is 0.836. The maximum atomic E-state index is 2.44. The average molecular weight is 212 g/mol. The second-order valence-corrected chi connectivity index (χ2v) is 6.16. The zero-order chi connectivity index (χ0) is 12.0. The predicted octanol–water partition coefficient (Wildman–Crippen LogP) is 5.38. The molecule has 0 heterocycles. The van der Waals surface area contributed by atoms with Crippen LogP contribution in [0, 0.1) is 29.6 Å². The van der Waals surface area contributed by atoms with Gasteiger partial charge in [0.05, 0.1) is 0 Å². The van der Waals surface area contributed by atoms with Crippen LogP contribution in [0.15, 0.2) is 0 Å². The van der Waals surface area contributed by atoms with Crippen molar-refractivity contribution in [3.05, 3.63) is 0 Å². The molecule has 0 nitrogen and oxygen atoms in total. The van der Waals surface area contributed by atoms with Crippen LogP contribution >= 0.6 is 0 Å². The Hall–Kier alpha value is 0. The summed E-state index contributed by atoms with van der Waals surface area (Å²) in [4.78, 5) is 0. The third-order valence-electron chi connectivity index (χ3n) is 4.32. The molecule has 0 bridgehead atoms. The first kappa shape index (κ1) is 15.0. The zero-order valence-corrected chi connectivity index (χ0v) is 12.0. The Morgan fingerprint density at radius 2 is 1.13 bits per heavy atom. The van der Waals surface area contributed by atoms with Crippen LogP contribution in [0.5, 0.6) is 0 Å². The molecule has 0 saturated carbocycles. The van der Waals surface area contributed by atoms with Gasteiger partial charge in [-0.3, -0.25) is 0 Å². The molecule has 0 aromatic carbocycles. The SMILES string of the molecule is CCC(C)CC(C)C(C)CC(C)C(C)C. The second-order valence-electron chi connectivity index (χ2n) is 6.16. The van der Waals surface area contributed by atoms with Gasteiger partial charge in [-0.25, -0.2) is 0 Å². The highest BCUT2D eigenvalue weighted by Crippen LogP contribution is 2.28. The van der Waals surface area contributed by atoms with Gasteiger partial charge < -0.3 is 0 Å². The summed E-state index contributed by atoms with van der Waals surface area (Å²) in [5.41, 5.74) is 0. The van der Waals surface area contributed by atoms with Gasteiger partial charge >= 0.3 is 0 Å². The third kappa shape index (κ3) is 6.22. The smallest absolute Gasteiger partial charge is 0.0414 e. The Balaban J connectivity index is 3.92. The molecule has 0 N–H and O–H groups in total. The first-order chi connectivity index (χ1) is 6.88. The molecule has 15 heavy (non-hydrogen) atoms. The molecule has 0 aliphatic rings. The van der Waals surface area contributed by atoms with E-state index < -0.39 is 0 Å². The van der Waals surface area contributed by atoms with Crippen molar-refractivity contribution in [1.82, 2.24) is 0 Å². The van der Waals surface area contributed by atoms with Gasteiger partial charge in [-0.2, -0.15) is 0 Å². The molecular formula is C15H32. The van der Waals surface area contributed by atoms with E-state index in [9.17, 15) is 0 Å². The van der Waals surface area contributed by atoms with E-state index >= 15 is 0 Å². The topological polar surface area (TPSA) is 0 Å². The first-order valence-electron chi connectivity index (χ1n) is 6.88. The molecule has 0 spiro atoms. The van der Waals surface area contributed by atoms with E-state index in [2.05, 4.69) is 48.5 Å². The minimum atomic E-state index is 0.836. The Bertz CT molecular complexity index is 148. The summed E-state index contributed by atoms with van der Waals surface area (Å²) in [6.07, 6.45) is 4.13. The molecular weight excluding hydrogens is 180 g/mol. The molecule has 0 aromatic rings. The molecule has 92 valence electrons. The van der Waals surface area contributed by atoms with E-state index in [1.165, 1.54) is 19.3 Å². The summed E-state index contributed by atoms with van der Waals surface area (Å²) in [7, 11) is 0. The van der Waals surface area contributed by atoms with Crippen molar-refractivity contribution in [2.45, 2.75) is 67.7 Å². The van der Waals surface area contributed by atoms with Crippen LogP contribution in [-0.2, 0) is 0 Å². The summed E-state index contributed by atoms with van der Waals surface area (Å²) in [5, 5.41) is 0. The zero-order valence-electron chi connectivity index (χ0n) is 12.0. The van der Waals surface area contributed by atoms with Gasteiger partial charge in [0, 0.05) is 0 Å². The van der Waals surface area contributed by atoms with Gasteiger partial charge in [-0.15, -0.1) is 0 Å². The van der Waals surface area contributed by atoms with E-state index in [0.717, 1.165) is 29.6 Å². The quantitative estimate of drug-likeness (QED) is 0.531. The lowest BCUT2D eigenvalue weighted by Crippen LogP contribution is -2.16. The van der Waals surface area contributed by atoms with Crippen LogP contribution in [0.2, 0.25) is 0 Å². The van der Waals surface area contributed by atoms with E-state index in [-0.39, 0.29) is 0 Å². The molecule has 0 amide bonds. The lowest BCUT2D eigenvalue weighted by Gasteiger charge is -2.26. The lowest BCUT2D eigenvalue weighted by molar-refractivity contribution is 0.241. The Morgan fingerprint density at radius 3 is 1.53 bits per heavy atom. The molecule has 0 radical (unpaired) electrons. The van der Waals surface area contributed by atoms with Gasteiger partial charge in [-0.05, 0) is 42.4 Å². The van der Waals surface area contributed by atoms with Crippen LogP contribution in [-0.4, -0.2) is 0 Å². The largest absolute Gasteiger partial charge is 0.0651 e. The molecule has 0 heteroatoms. The van der Waals surface area contributed by atoms with Gasteiger partial charge in [0.15, 0.2) is 0 Å². The number of rotatable bonds is 7. The Morgan fingerprint density at radius 1 is 0.667 bits per heavy atom. The fourth-order valence-corrected chi connectivity index (χ4v) is 2.12. The van der Waals surface area contributed by atoms with E-state index in [0.29, 0.717) is 0 Å². The standard InChI is InChI=1S/C15H32/c1-8-12(4)9-14(6)15(7)10-13(5)11(2)3/h11-15H,8-10H2,1-7H3. The summed E-state index contributed by atoms with van der Waals surface area (Å²) in [6, 6.07) is 0. The predicted molar refractivity (Wildman–Crippen MR) is 71.0 cm³/mol. The third-order valence-corrected chi connectivity index (χ3v) is 4.32. The highest BCUT2D eigenvalue weighted by molar-refractivity contribution is 4.69. The normalized spacial score (nSPS) is 20.0. The van der Waals surface area contributed by atoms with Crippen molar-refractivity contribution in [2.24, 2.45) is 29.6 Å². The molecule has 0 aliphatic heterocycles. The van der Waals surface area contributed by atoms with Crippen molar-refractivity contribution in [1.29, 1.82) is 0 Å². The second kappa shape index (κ2) is 7.30. The van der Waals surface area contributed by atoms with Crippen LogP contribution in [0.3, 0.4) is 0 Å². The number of hydrogen-bond acceptors (Lipinski definition) is 0. The van der Waals surface area contributed by atoms with Gasteiger partial charge in [0.25, 0.3) is 0 Å². The van der Waals surface area contributed by atoms with E-state index in [1.54, 1.807) is 0 Å². The maximum Gasteiger partial charge on any atom is -0.0414 e. The molecule has 0 aromatic heterocycles. The van der Waals surface area contributed by atoms with Crippen molar-refractivity contribution in [2.75, 3.05) is 0 Å². The molecule has 0 saturated heterocycles. The average Bonchev–Trinajstić information content (AvgIpc) is 2.16. The van der Waals surface area contributed by atoms with E-state index in [4.69, 9.17) is 0 Å². The summed E-state index contributed by atoms with van der Waals surface area (Å²) in [5.74, 6) is 4.39. The molecule has 0 aliphatic carbocycles. The van der Waals surface area contributed by atoms with Gasteiger partial charge in [0.2, 0.25) is 0 Å². The lowest BCUT2D eigenvalue weighted by atomic mass is 9.79. The fourth-order valence-electron chi connectivity index (χ4n) is 2.12. The van der Waals surface area contributed by atoms with Crippen LogP contribution in [0.4, 0.5) is 0 Å². The van der Waals surface area contributed by atoms with Gasteiger partial charge in [0.1, 0.15) is 0 Å². The minimum Gasteiger partial charge on any atom is -0.0651 e. The highest BCUT2D eigenvalue weighted by atomic mass is 14.2. The fraction of sp³-hybridized carbons (Fsp3) is 1.00. The highest BCUT2D eigenvalue weighted by Gasteiger charge is 2.18. The molecule has 4 atom stereocenters. The monoisotopic (exact) mass is 212 g/mol. The summed E-state index contributed by atoms with van der Waals surface area (Å²) >= 11 is 0.